The Morgan fingerprint density at radius 3 is 0.843 bits per heavy atom. The zero-order chi connectivity index (χ0) is 34.0. The summed E-state index contributed by atoms with van der Waals surface area (Å²) in [5, 5.41) is 2.59. The van der Waals surface area contributed by atoms with Crippen LogP contribution in [0.25, 0.3) is 42.4 Å². The van der Waals surface area contributed by atoms with E-state index in [0.29, 0.717) is 0 Å². The van der Waals surface area contributed by atoms with Crippen molar-refractivity contribution in [1.82, 2.24) is 0 Å². The summed E-state index contributed by atoms with van der Waals surface area (Å²) >= 11 is 1.86. The number of hydrogen-bond donors (Lipinski definition) is 0. The van der Waals surface area contributed by atoms with Gasteiger partial charge >= 0.3 is 0 Å². The molecular weight excluding hydrogens is 637 g/mol. The molecule has 0 radical (unpaired) electrons. The van der Waals surface area contributed by atoms with Crippen LogP contribution >= 0.6 is 11.3 Å². The molecule has 0 aliphatic rings. The molecule has 0 fully saturated rings. The van der Waals surface area contributed by atoms with Gasteiger partial charge in [0.15, 0.2) is 0 Å². The molecule has 0 amide bonds. The average Bonchev–Trinajstić information content (AvgIpc) is 3.58. The number of anilines is 6. The number of fused-ring (bicyclic) bond motifs is 3. The number of para-hydroxylation sites is 4. The smallest absolute Gasteiger partial charge is 0.0462 e. The van der Waals surface area contributed by atoms with Crippen LogP contribution in [0.1, 0.15) is 0 Å². The van der Waals surface area contributed by atoms with E-state index in [0.717, 1.165) is 34.1 Å². The van der Waals surface area contributed by atoms with Crippen molar-refractivity contribution >= 4 is 65.6 Å². The van der Waals surface area contributed by atoms with Crippen LogP contribution < -0.4 is 9.80 Å². The number of hydrogen-bond acceptors (Lipinski definition) is 3. The first-order chi connectivity index (χ1) is 25.3. The van der Waals surface area contributed by atoms with E-state index < -0.39 is 0 Å². The quantitative estimate of drug-likeness (QED) is 0.159. The molecular formula is C48H34N2S. The second-order valence-corrected chi connectivity index (χ2v) is 13.7. The van der Waals surface area contributed by atoms with Crippen LogP contribution in [0.4, 0.5) is 34.1 Å². The third kappa shape index (κ3) is 6.05. The van der Waals surface area contributed by atoms with Gasteiger partial charge in [-0.15, -0.1) is 11.3 Å². The van der Waals surface area contributed by atoms with Gasteiger partial charge < -0.3 is 9.80 Å². The standard InChI is InChI=1S/C48H34N2S/c1-5-13-39(14-6-1)49(40-15-7-2-8-16-40)43-27-21-35(22-28-43)37-25-31-47-45(33-37)46-34-38(26-32-48(46)51-47)36-23-29-44(30-24-36)50(41-17-9-3-10-18-41)42-19-11-4-12-20-42/h1-34H. The fraction of sp³-hybridized carbons (Fsp3) is 0. The summed E-state index contributed by atoms with van der Waals surface area (Å²) < 4.78 is 2.61. The maximum Gasteiger partial charge on any atom is 0.0462 e. The van der Waals surface area contributed by atoms with Crippen molar-refractivity contribution in [1.29, 1.82) is 0 Å². The minimum Gasteiger partial charge on any atom is -0.311 e. The minimum absolute atomic E-state index is 1.13. The van der Waals surface area contributed by atoms with E-state index in [1.54, 1.807) is 0 Å². The largest absolute Gasteiger partial charge is 0.311 e. The molecule has 0 saturated heterocycles. The lowest BCUT2D eigenvalue weighted by Crippen LogP contribution is -2.09. The van der Waals surface area contributed by atoms with E-state index in [1.807, 2.05) is 11.3 Å². The Labute approximate surface area is 302 Å². The number of nitrogens with zero attached hydrogens (tertiary/aromatic N) is 2. The highest BCUT2D eigenvalue weighted by atomic mass is 32.1. The van der Waals surface area contributed by atoms with Crippen LogP contribution in [0.15, 0.2) is 206 Å². The van der Waals surface area contributed by atoms with Gasteiger partial charge in [0.2, 0.25) is 0 Å². The molecule has 242 valence electrons. The van der Waals surface area contributed by atoms with Crippen molar-refractivity contribution in [3.63, 3.8) is 0 Å². The first-order valence-corrected chi connectivity index (χ1v) is 18.1. The van der Waals surface area contributed by atoms with Crippen LogP contribution in [0, 0.1) is 0 Å². The molecule has 8 aromatic carbocycles. The highest BCUT2D eigenvalue weighted by Crippen LogP contribution is 2.41. The molecule has 51 heavy (non-hydrogen) atoms. The summed E-state index contributed by atoms with van der Waals surface area (Å²) in [4.78, 5) is 4.60. The summed E-state index contributed by atoms with van der Waals surface area (Å²) in [7, 11) is 0. The summed E-state index contributed by atoms with van der Waals surface area (Å²) in [5.41, 5.74) is 11.6. The molecule has 2 nitrogen and oxygen atoms in total. The van der Waals surface area contributed by atoms with E-state index in [-0.39, 0.29) is 0 Å². The van der Waals surface area contributed by atoms with Crippen molar-refractivity contribution in [2.75, 3.05) is 9.80 Å². The monoisotopic (exact) mass is 670 g/mol. The Morgan fingerprint density at radius 1 is 0.255 bits per heavy atom. The van der Waals surface area contributed by atoms with Crippen LogP contribution in [-0.4, -0.2) is 0 Å². The van der Waals surface area contributed by atoms with Crippen molar-refractivity contribution in [2.45, 2.75) is 0 Å². The van der Waals surface area contributed by atoms with Gasteiger partial charge in [-0.1, -0.05) is 109 Å². The number of thiophene rings is 1. The van der Waals surface area contributed by atoms with Crippen LogP contribution in [0.5, 0.6) is 0 Å². The maximum absolute atomic E-state index is 2.36. The predicted molar refractivity (Wildman–Crippen MR) is 220 cm³/mol. The Hall–Kier alpha value is -6.42. The summed E-state index contributed by atoms with van der Waals surface area (Å²) in [6.45, 7) is 0. The summed E-state index contributed by atoms with van der Waals surface area (Å²) in [6.07, 6.45) is 0. The van der Waals surface area contributed by atoms with Gasteiger partial charge in [0.25, 0.3) is 0 Å². The molecule has 0 unspecified atom stereocenters. The van der Waals surface area contributed by atoms with Crippen molar-refractivity contribution < 1.29 is 0 Å². The Balaban J connectivity index is 1.04. The van der Waals surface area contributed by atoms with E-state index in [9.17, 15) is 0 Å². The number of rotatable bonds is 8. The third-order valence-electron chi connectivity index (χ3n) is 9.44. The Kier molecular flexibility index (Phi) is 8.09. The van der Waals surface area contributed by atoms with Crippen molar-refractivity contribution in [3.05, 3.63) is 206 Å². The highest BCUT2D eigenvalue weighted by molar-refractivity contribution is 7.25. The molecule has 0 aliphatic carbocycles. The average molecular weight is 671 g/mol. The van der Waals surface area contributed by atoms with Gasteiger partial charge in [0.1, 0.15) is 0 Å². The third-order valence-corrected chi connectivity index (χ3v) is 10.6. The van der Waals surface area contributed by atoms with E-state index in [1.165, 1.54) is 42.4 Å². The van der Waals surface area contributed by atoms with Crippen LogP contribution in [0.2, 0.25) is 0 Å². The molecule has 0 spiro atoms. The Bertz CT molecular complexity index is 2280. The molecule has 1 heterocycles. The predicted octanol–water partition coefficient (Wildman–Crippen LogP) is 14.3. The summed E-state index contributed by atoms with van der Waals surface area (Å²) in [6, 6.07) is 73.9. The minimum atomic E-state index is 1.13. The zero-order valence-corrected chi connectivity index (χ0v) is 28.7. The highest BCUT2D eigenvalue weighted by Gasteiger charge is 2.15. The van der Waals surface area contributed by atoms with E-state index in [2.05, 4.69) is 216 Å². The molecule has 1 aromatic heterocycles. The number of benzene rings is 8. The first-order valence-electron chi connectivity index (χ1n) is 17.3. The van der Waals surface area contributed by atoms with Crippen molar-refractivity contribution in [3.8, 4) is 22.3 Å². The fourth-order valence-corrected chi connectivity index (χ4v) is 8.01. The topological polar surface area (TPSA) is 6.48 Å². The SMILES string of the molecule is c1ccc(N(c2ccccc2)c2ccc(-c3ccc4sc5ccc(-c6ccc(N(c7ccccc7)c7ccccc7)cc6)cc5c4c3)cc2)cc1. The molecule has 0 bridgehead atoms. The molecule has 0 N–H and O–H groups in total. The molecule has 0 saturated carbocycles. The summed E-state index contributed by atoms with van der Waals surface area (Å²) in [5.74, 6) is 0. The van der Waals surface area contributed by atoms with Gasteiger partial charge in [-0.05, 0) is 119 Å². The lowest BCUT2D eigenvalue weighted by molar-refractivity contribution is 1.28. The van der Waals surface area contributed by atoms with Gasteiger partial charge in [0.05, 0.1) is 0 Å². The second kappa shape index (κ2) is 13.5. The Morgan fingerprint density at radius 2 is 0.529 bits per heavy atom. The van der Waals surface area contributed by atoms with Crippen molar-refractivity contribution in [2.24, 2.45) is 0 Å². The molecule has 0 aliphatic heterocycles. The van der Waals surface area contributed by atoms with Crippen LogP contribution in [-0.2, 0) is 0 Å². The molecule has 9 rings (SSSR count). The zero-order valence-electron chi connectivity index (χ0n) is 27.9. The van der Waals surface area contributed by atoms with Gasteiger partial charge in [-0.3, -0.25) is 0 Å². The van der Waals surface area contributed by atoms with Gasteiger partial charge in [0, 0.05) is 54.3 Å². The molecule has 0 atom stereocenters. The maximum atomic E-state index is 2.36. The fourth-order valence-electron chi connectivity index (χ4n) is 6.95. The van der Waals surface area contributed by atoms with Gasteiger partial charge in [-0.2, -0.15) is 0 Å². The lowest BCUT2D eigenvalue weighted by atomic mass is 9.99. The van der Waals surface area contributed by atoms with E-state index in [4.69, 9.17) is 0 Å². The normalized spacial score (nSPS) is 11.1. The van der Waals surface area contributed by atoms with Crippen LogP contribution in [0.3, 0.4) is 0 Å². The molecule has 3 heteroatoms. The first kappa shape index (κ1) is 30.6. The lowest BCUT2D eigenvalue weighted by Gasteiger charge is -2.25. The van der Waals surface area contributed by atoms with E-state index >= 15 is 0 Å². The second-order valence-electron chi connectivity index (χ2n) is 12.6. The van der Waals surface area contributed by atoms with Gasteiger partial charge in [-0.25, -0.2) is 0 Å². The molecule has 9 aromatic rings.